The van der Waals surface area contributed by atoms with E-state index in [2.05, 4.69) is 22.1 Å². The molecule has 1 aromatic carbocycles. The Bertz CT molecular complexity index is 962. The molecule has 4 rings (SSSR count). The monoisotopic (exact) mass is 383 g/mol. The van der Waals surface area contributed by atoms with Crippen LogP contribution in [0.3, 0.4) is 0 Å². The largest absolute Gasteiger partial charge is 0.382 e. The lowest BCUT2D eigenvalue weighted by Crippen LogP contribution is -2.50. The first kappa shape index (κ1) is 17.7. The highest BCUT2D eigenvalue weighted by atomic mass is 35.5. The molecule has 27 heavy (non-hydrogen) atoms. The Kier molecular flexibility index (Phi) is 4.90. The molecule has 1 fully saturated rings. The van der Waals surface area contributed by atoms with Crippen molar-refractivity contribution in [2.24, 2.45) is 0 Å². The van der Waals surface area contributed by atoms with Gasteiger partial charge in [0.25, 0.3) is 0 Å². The van der Waals surface area contributed by atoms with Crippen LogP contribution in [0.15, 0.2) is 48.8 Å². The van der Waals surface area contributed by atoms with Crippen molar-refractivity contribution in [1.29, 1.82) is 0 Å². The summed E-state index contributed by atoms with van der Waals surface area (Å²) in [7, 11) is 0. The standard InChI is InChI=1S/C20H22ClN5O/c1-2-22-17-4-3-8-23-19(17)24-10-12-25(13-11-24)20(27)26-9-7-15-14-16(21)5-6-18(15)26/h3-9,14,22H,2,10-13H2,1H3. The van der Waals surface area contributed by atoms with Crippen LogP contribution in [-0.2, 0) is 0 Å². The Morgan fingerprint density at radius 1 is 1.19 bits per heavy atom. The van der Waals surface area contributed by atoms with Gasteiger partial charge in [-0.1, -0.05) is 11.6 Å². The van der Waals surface area contributed by atoms with Crippen molar-refractivity contribution in [1.82, 2.24) is 14.5 Å². The molecule has 140 valence electrons. The Morgan fingerprint density at radius 2 is 2.00 bits per heavy atom. The molecule has 3 aromatic rings. The third kappa shape index (κ3) is 3.45. The molecule has 1 aliphatic heterocycles. The maximum Gasteiger partial charge on any atom is 0.328 e. The average Bonchev–Trinajstić information content (AvgIpc) is 3.11. The van der Waals surface area contributed by atoms with E-state index in [9.17, 15) is 4.79 Å². The number of carbonyl (C=O) groups excluding carboxylic acids is 1. The van der Waals surface area contributed by atoms with Crippen LogP contribution in [-0.4, -0.2) is 53.2 Å². The van der Waals surface area contributed by atoms with E-state index in [-0.39, 0.29) is 6.03 Å². The van der Waals surface area contributed by atoms with E-state index < -0.39 is 0 Å². The zero-order chi connectivity index (χ0) is 18.8. The number of aromatic nitrogens is 2. The molecular formula is C20H22ClN5O. The average molecular weight is 384 g/mol. The van der Waals surface area contributed by atoms with Gasteiger partial charge >= 0.3 is 6.03 Å². The van der Waals surface area contributed by atoms with E-state index in [4.69, 9.17) is 11.6 Å². The number of nitrogens with one attached hydrogen (secondary N) is 1. The van der Waals surface area contributed by atoms with Crippen LogP contribution in [0.2, 0.25) is 5.02 Å². The highest BCUT2D eigenvalue weighted by Crippen LogP contribution is 2.25. The van der Waals surface area contributed by atoms with E-state index in [1.807, 2.05) is 53.7 Å². The van der Waals surface area contributed by atoms with Gasteiger partial charge in [-0.15, -0.1) is 0 Å². The lowest BCUT2D eigenvalue weighted by molar-refractivity contribution is 0.197. The highest BCUT2D eigenvalue weighted by Gasteiger charge is 2.24. The van der Waals surface area contributed by atoms with Gasteiger partial charge in [0.1, 0.15) is 0 Å². The van der Waals surface area contributed by atoms with Gasteiger partial charge in [-0.05, 0) is 43.3 Å². The second kappa shape index (κ2) is 7.48. The zero-order valence-electron chi connectivity index (χ0n) is 15.2. The van der Waals surface area contributed by atoms with E-state index in [1.165, 1.54) is 0 Å². The van der Waals surface area contributed by atoms with Crippen LogP contribution in [0, 0.1) is 0 Å². The SMILES string of the molecule is CCNc1cccnc1N1CCN(C(=O)n2ccc3cc(Cl)ccc32)CC1. The fourth-order valence-electron chi connectivity index (χ4n) is 3.52. The van der Waals surface area contributed by atoms with Gasteiger partial charge in [0.15, 0.2) is 5.82 Å². The molecule has 1 amide bonds. The van der Waals surface area contributed by atoms with Gasteiger partial charge in [0.2, 0.25) is 0 Å². The summed E-state index contributed by atoms with van der Waals surface area (Å²) < 4.78 is 1.70. The second-order valence-corrected chi connectivity index (χ2v) is 6.99. The fourth-order valence-corrected chi connectivity index (χ4v) is 3.70. The second-order valence-electron chi connectivity index (χ2n) is 6.55. The van der Waals surface area contributed by atoms with Crippen molar-refractivity contribution >= 4 is 40.0 Å². The number of amides is 1. The molecule has 2 aromatic heterocycles. The Morgan fingerprint density at radius 3 is 2.78 bits per heavy atom. The minimum atomic E-state index is -0.0000926. The van der Waals surface area contributed by atoms with Crippen molar-refractivity contribution < 1.29 is 4.79 Å². The third-order valence-electron chi connectivity index (χ3n) is 4.86. The van der Waals surface area contributed by atoms with E-state index in [0.29, 0.717) is 18.1 Å². The van der Waals surface area contributed by atoms with Crippen LogP contribution in [0.5, 0.6) is 0 Å². The molecule has 0 radical (unpaired) electrons. The van der Waals surface area contributed by atoms with Gasteiger partial charge in [-0.3, -0.25) is 4.57 Å². The molecular weight excluding hydrogens is 362 g/mol. The molecule has 0 bridgehead atoms. The maximum atomic E-state index is 13.0. The molecule has 1 N–H and O–H groups in total. The Hall–Kier alpha value is -2.73. The summed E-state index contributed by atoms with van der Waals surface area (Å²) in [4.78, 5) is 21.6. The maximum absolute atomic E-state index is 13.0. The molecule has 1 aliphatic rings. The first-order valence-corrected chi connectivity index (χ1v) is 9.55. The predicted octanol–water partition coefficient (Wildman–Crippen LogP) is 3.91. The Labute approximate surface area is 163 Å². The minimum Gasteiger partial charge on any atom is -0.382 e. The number of hydrogen-bond donors (Lipinski definition) is 1. The first-order valence-electron chi connectivity index (χ1n) is 9.17. The smallest absolute Gasteiger partial charge is 0.328 e. The molecule has 6 nitrogen and oxygen atoms in total. The molecule has 0 aliphatic carbocycles. The summed E-state index contributed by atoms with van der Waals surface area (Å²) in [5, 5.41) is 5.00. The van der Waals surface area contributed by atoms with E-state index >= 15 is 0 Å². The zero-order valence-corrected chi connectivity index (χ0v) is 16.0. The number of pyridine rings is 1. The minimum absolute atomic E-state index is 0.0000926. The number of fused-ring (bicyclic) bond motifs is 1. The van der Waals surface area contributed by atoms with Crippen molar-refractivity contribution in [3.05, 3.63) is 53.8 Å². The third-order valence-corrected chi connectivity index (χ3v) is 5.10. The lowest BCUT2D eigenvalue weighted by Gasteiger charge is -2.36. The first-order chi connectivity index (χ1) is 13.2. The highest BCUT2D eigenvalue weighted by molar-refractivity contribution is 6.31. The Balaban J connectivity index is 1.48. The summed E-state index contributed by atoms with van der Waals surface area (Å²) >= 11 is 6.04. The summed E-state index contributed by atoms with van der Waals surface area (Å²) in [5.41, 5.74) is 1.92. The van der Waals surface area contributed by atoms with Crippen LogP contribution >= 0.6 is 11.6 Å². The lowest BCUT2D eigenvalue weighted by atomic mass is 10.2. The number of carbonyl (C=O) groups is 1. The van der Waals surface area contributed by atoms with Crippen LogP contribution in [0.4, 0.5) is 16.3 Å². The van der Waals surface area contributed by atoms with Crippen molar-refractivity contribution in [3.8, 4) is 0 Å². The number of halogens is 1. The van der Waals surface area contributed by atoms with E-state index in [1.54, 1.807) is 4.57 Å². The van der Waals surface area contributed by atoms with Gasteiger partial charge in [0.05, 0.1) is 11.2 Å². The number of hydrogen-bond acceptors (Lipinski definition) is 4. The van der Waals surface area contributed by atoms with Crippen LogP contribution in [0.25, 0.3) is 10.9 Å². The van der Waals surface area contributed by atoms with Gasteiger partial charge < -0.3 is 15.1 Å². The molecule has 0 atom stereocenters. The normalized spacial score (nSPS) is 14.6. The topological polar surface area (TPSA) is 53.4 Å². The fraction of sp³-hybridized carbons (Fsp3) is 0.300. The van der Waals surface area contributed by atoms with Crippen molar-refractivity contribution in [2.45, 2.75) is 6.92 Å². The number of anilines is 2. The summed E-state index contributed by atoms with van der Waals surface area (Å²) in [5.74, 6) is 0.951. The van der Waals surface area contributed by atoms with E-state index in [0.717, 1.165) is 42.0 Å². The van der Waals surface area contributed by atoms with Crippen molar-refractivity contribution in [2.75, 3.05) is 42.9 Å². The number of rotatable bonds is 3. The molecule has 7 heteroatoms. The summed E-state index contributed by atoms with van der Waals surface area (Å²) in [6.07, 6.45) is 3.63. The van der Waals surface area contributed by atoms with Gasteiger partial charge in [-0.2, -0.15) is 0 Å². The molecule has 1 saturated heterocycles. The summed E-state index contributed by atoms with van der Waals surface area (Å²) in [6.45, 7) is 5.75. The number of benzene rings is 1. The number of piperazine rings is 1. The van der Waals surface area contributed by atoms with Gasteiger partial charge in [-0.25, -0.2) is 9.78 Å². The van der Waals surface area contributed by atoms with Gasteiger partial charge in [0, 0.05) is 55.5 Å². The van der Waals surface area contributed by atoms with Crippen molar-refractivity contribution in [3.63, 3.8) is 0 Å². The quantitative estimate of drug-likeness (QED) is 0.745. The van der Waals surface area contributed by atoms with Crippen LogP contribution < -0.4 is 10.2 Å². The molecule has 0 spiro atoms. The number of nitrogens with zero attached hydrogens (tertiary/aromatic N) is 4. The predicted molar refractivity (Wildman–Crippen MR) is 110 cm³/mol. The molecule has 3 heterocycles. The van der Waals surface area contributed by atoms with Crippen LogP contribution in [0.1, 0.15) is 6.92 Å². The molecule has 0 unspecified atom stereocenters. The molecule has 0 saturated carbocycles. The summed E-state index contributed by atoms with van der Waals surface area (Å²) in [6, 6.07) is 11.5.